The summed E-state index contributed by atoms with van der Waals surface area (Å²) < 4.78 is 30.8. The minimum absolute atomic E-state index is 0.0343. The summed E-state index contributed by atoms with van der Waals surface area (Å²) in [6.45, 7) is 6.90. The molecule has 0 heterocycles. The van der Waals surface area contributed by atoms with E-state index in [9.17, 15) is 19.0 Å². The maximum atomic E-state index is 13.6. The van der Waals surface area contributed by atoms with Crippen molar-refractivity contribution in [2.45, 2.75) is 303 Å². The normalized spacial score (nSPS) is 14.2. The van der Waals surface area contributed by atoms with Crippen LogP contribution in [0.2, 0.25) is 0 Å². The highest BCUT2D eigenvalue weighted by Gasteiger charge is 2.30. The van der Waals surface area contributed by atoms with Crippen LogP contribution in [0, 0.1) is 0 Å². The summed E-state index contributed by atoms with van der Waals surface area (Å²) in [4.78, 5) is 37.8. The molecule has 0 aliphatic heterocycles. The summed E-state index contributed by atoms with van der Waals surface area (Å²) in [6.07, 6.45) is 77.2. The average Bonchev–Trinajstić information content (AvgIpc) is 3.41. The maximum absolute atomic E-state index is 13.6. The summed E-state index contributed by atoms with van der Waals surface area (Å²) in [7, 11) is 1.48. The van der Waals surface area contributed by atoms with Gasteiger partial charge in [-0.3, -0.25) is 18.6 Å². The first-order valence-corrected chi connectivity index (χ1v) is 34.4. The fourth-order valence-corrected chi connectivity index (χ4v) is 9.99. The van der Waals surface area contributed by atoms with Gasteiger partial charge < -0.3 is 19.4 Å². The Labute approximate surface area is 488 Å². The fourth-order valence-electron chi connectivity index (χ4n) is 9.26. The highest BCUT2D eigenvalue weighted by atomic mass is 31.2. The number of carbonyl (C=O) groups excluding carboxylic acids is 2. The molecular formula is C69H126N2O7P+. The average molecular weight is 1130 g/mol. The number of allylic oxidation sites excluding steroid dienone is 13. The molecule has 0 aliphatic carbocycles. The van der Waals surface area contributed by atoms with Gasteiger partial charge in [0.05, 0.1) is 33.8 Å². The smallest absolute Gasteiger partial charge is 0.456 e. The van der Waals surface area contributed by atoms with Crippen LogP contribution >= 0.6 is 7.82 Å². The Kier molecular flexibility index (Phi) is 56.3. The van der Waals surface area contributed by atoms with Crippen molar-refractivity contribution in [2.75, 3.05) is 40.9 Å². The molecular weight excluding hydrogens is 1000 g/mol. The van der Waals surface area contributed by atoms with E-state index in [1.807, 2.05) is 33.3 Å². The van der Waals surface area contributed by atoms with Crippen LogP contribution in [0.1, 0.15) is 290 Å². The minimum Gasteiger partial charge on any atom is -0.456 e. The summed E-state index contributed by atoms with van der Waals surface area (Å²) in [6, 6.07) is -0.860. The van der Waals surface area contributed by atoms with E-state index < -0.39 is 20.0 Å². The summed E-state index contributed by atoms with van der Waals surface area (Å²) >= 11 is 0. The second kappa shape index (κ2) is 58.4. The first-order valence-electron chi connectivity index (χ1n) is 32.9. The van der Waals surface area contributed by atoms with E-state index in [2.05, 4.69) is 99.0 Å². The molecule has 0 saturated carbocycles. The van der Waals surface area contributed by atoms with Crippen LogP contribution in [0.25, 0.3) is 0 Å². The highest BCUT2D eigenvalue weighted by molar-refractivity contribution is 7.47. The second-order valence-electron chi connectivity index (χ2n) is 23.3. The Morgan fingerprint density at radius 1 is 0.456 bits per heavy atom. The van der Waals surface area contributed by atoms with Gasteiger partial charge in [-0.2, -0.15) is 0 Å². The van der Waals surface area contributed by atoms with Crippen LogP contribution in [-0.4, -0.2) is 74.3 Å². The number of phosphoric acid groups is 1. The van der Waals surface area contributed by atoms with Crippen LogP contribution in [0.4, 0.5) is 0 Å². The number of phosphoric ester groups is 1. The van der Waals surface area contributed by atoms with Crippen molar-refractivity contribution in [3.8, 4) is 0 Å². The minimum atomic E-state index is -4.46. The Morgan fingerprint density at radius 2 is 0.810 bits per heavy atom. The SMILES string of the molecule is CC/C=C\C/C=C\C/C=C\C/C=C\C/C=C\CCCCCCCCCC(=O)NC(COP(=O)(O)OCC[N+](C)(C)C)C(/C=C\CCCCCCCCCCCCC)OC(=O)CCCCCCCCC/C=C/CCCCCCCC. The summed E-state index contributed by atoms with van der Waals surface area (Å²) in [5.74, 6) is -0.519. The van der Waals surface area contributed by atoms with E-state index in [0.717, 1.165) is 116 Å². The van der Waals surface area contributed by atoms with Crippen molar-refractivity contribution >= 4 is 19.7 Å². The number of esters is 1. The van der Waals surface area contributed by atoms with Crippen LogP contribution in [0.3, 0.4) is 0 Å². The lowest BCUT2D eigenvalue weighted by molar-refractivity contribution is -0.870. The molecule has 0 aromatic carbocycles. The zero-order valence-corrected chi connectivity index (χ0v) is 53.2. The molecule has 0 radical (unpaired) electrons. The predicted molar refractivity (Wildman–Crippen MR) is 341 cm³/mol. The van der Waals surface area contributed by atoms with Gasteiger partial charge in [-0.05, 0) is 102 Å². The zero-order valence-electron chi connectivity index (χ0n) is 52.3. The first kappa shape index (κ1) is 76.2. The molecule has 10 heteroatoms. The maximum Gasteiger partial charge on any atom is 0.472 e. The van der Waals surface area contributed by atoms with Gasteiger partial charge in [0.2, 0.25) is 5.91 Å². The zero-order chi connectivity index (χ0) is 57.9. The van der Waals surface area contributed by atoms with Crippen molar-refractivity contribution in [1.82, 2.24) is 5.32 Å². The Bertz CT molecular complexity index is 1630. The van der Waals surface area contributed by atoms with Gasteiger partial charge in [0.1, 0.15) is 19.3 Å². The first-order chi connectivity index (χ1) is 38.4. The third kappa shape index (κ3) is 59.6. The van der Waals surface area contributed by atoms with Crippen molar-refractivity contribution in [1.29, 1.82) is 0 Å². The van der Waals surface area contributed by atoms with Crippen LogP contribution in [0.15, 0.2) is 85.1 Å². The number of nitrogens with zero attached hydrogens (tertiary/aromatic N) is 1. The molecule has 0 spiro atoms. The molecule has 0 fully saturated rings. The van der Waals surface area contributed by atoms with Crippen LogP contribution in [0.5, 0.6) is 0 Å². The number of ether oxygens (including phenoxy) is 1. The highest BCUT2D eigenvalue weighted by Crippen LogP contribution is 2.43. The van der Waals surface area contributed by atoms with Crippen LogP contribution in [-0.2, 0) is 27.9 Å². The standard InChI is InChI=1S/C69H125N2O7P/c1-7-10-13-16-19-22-25-28-30-32-33-34-35-36-37-39-40-43-46-49-52-55-58-61-68(72)70-66(65-77-79(74,75)76-64-63-71(4,5)6)67(60-57-54-51-48-45-42-27-24-21-18-15-12-9-3)78-69(73)62-59-56-53-50-47-44-41-38-31-29-26-23-20-17-14-11-8-2/h10,13,19,22,28-31,33-34,36-37,57,60,66-67H,7-9,11-12,14-18,20-21,23-27,32,35,38-56,58-59,61-65H2,1-6H3,(H-,70,72,74,75)/p+1/b13-10-,22-19-,30-28-,31-29+,34-33-,37-36-,60-57-. The number of nitrogens with one attached hydrogen (secondary N) is 1. The topological polar surface area (TPSA) is 111 Å². The molecule has 458 valence electrons. The Hall–Kier alpha value is -2.81. The number of rotatable bonds is 59. The summed E-state index contributed by atoms with van der Waals surface area (Å²) in [5.41, 5.74) is 0. The van der Waals surface area contributed by atoms with E-state index in [-0.39, 0.29) is 31.5 Å². The molecule has 0 bridgehead atoms. The molecule has 3 atom stereocenters. The van der Waals surface area contributed by atoms with E-state index in [4.69, 9.17) is 13.8 Å². The molecule has 0 aromatic heterocycles. The van der Waals surface area contributed by atoms with Crippen LogP contribution < -0.4 is 5.32 Å². The molecule has 3 unspecified atom stereocenters. The van der Waals surface area contributed by atoms with Crippen molar-refractivity contribution < 1.29 is 37.3 Å². The van der Waals surface area contributed by atoms with E-state index in [1.165, 1.54) is 141 Å². The molecule has 0 saturated heterocycles. The van der Waals surface area contributed by atoms with E-state index in [1.54, 1.807) is 0 Å². The third-order valence-electron chi connectivity index (χ3n) is 14.3. The lowest BCUT2D eigenvalue weighted by atomic mass is 10.0. The van der Waals surface area contributed by atoms with Crippen molar-refractivity contribution in [3.05, 3.63) is 85.1 Å². The molecule has 0 rings (SSSR count). The number of unbranched alkanes of at least 4 members (excludes halogenated alkanes) is 31. The van der Waals surface area contributed by atoms with Gasteiger partial charge in [0.15, 0.2) is 0 Å². The van der Waals surface area contributed by atoms with E-state index >= 15 is 0 Å². The Balaban J connectivity index is 5.24. The quantitative estimate of drug-likeness (QED) is 0.0205. The fraction of sp³-hybridized carbons (Fsp3) is 0.768. The third-order valence-corrected chi connectivity index (χ3v) is 15.3. The second-order valence-corrected chi connectivity index (χ2v) is 24.7. The number of likely N-dealkylation sites (N-methyl/N-ethyl adjacent to an activating group) is 1. The van der Waals surface area contributed by atoms with Gasteiger partial charge in [-0.25, -0.2) is 4.57 Å². The van der Waals surface area contributed by atoms with Gasteiger partial charge in [-0.1, -0.05) is 260 Å². The monoisotopic (exact) mass is 1130 g/mol. The van der Waals surface area contributed by atoms with Gasteiger partial charge in [0, 0.05) is 12.8 Å². The lowest BCUT2D eigenvalue weighted by Gasteiger charge is -2.27. The van der Waals surface area contributed by atoms with Crippen molar-refractivity contribution in [3.63, 3.8) is 0 Å². The van der Waals surface area contributed by atoms with E-state index in [0.29, 0.717) is 17.4 Å². The molecule has 0 aliphatic rings. The largest absolute Gasteiger partial charge is 0.472 e. The molecule has 9 nitrogen and oxygen atoms in total. The number of amides is 1. The van der Waals surface area contributed by atoms with Gasteiger partial charge in [-0.15, -0.1) is 0 Å². The Morgan fingerprint density at radius 3 is 1.23 bits per heavy atom. The van der Waals surface area contributed by atoms with Gasteiger partial charge >= 0.3 is 13.8 Å². The summed E-state index contributed by atoms with van der Waals surface area (Å²) in [5, 5.41) is 3.06. The molecule has 0 aromatic rings. The molecule has 79 heavy (non-hydrogen) atoms. The number of hydrogen-bond donors (Lipinski definition) is 2. The number of hydrogen-bond acceptors (Lipinski definition) is 6. The number of quaternary nitrogens is 1. The van der Waals surface area contributed by atoms with Gasteiger partial charge in [0.25, 0.3) is 0 Å². The molecule has 1 amide bonds. The lowest BCUT2D eigenvalue weighted by Crippen LogP contribution is -2.47. The number of carbonyl (C=O) groups is 2. The van der Waals surface area contributed by atoms with Crippen molar-refractivity contribution in [2.24, 2.45) is 0 Å². The molecule has 2 N–H and O–H groups in total. The predicted octanol–water partition coefficient (Wildman–Crippen LogP) is 20.6.